The van der Waals surface area contributed by atoms with Gasteiger partial charge in [0.2, 0.25) is 5.91 Å². The van der Waals surface area contributed by atoms with E-state index in [1.807, 2.05) is 18.2 Å². The third kappa shape index (κ3) is 5.21. The molecular weight excluding hydrogens is 390 g/mol. The number of anilines is 1. The summed E-state index contributed by atoms with van der Waals surface area (Å²) in [6.07, 6.45) is 1.03. The average Bonchev–Trinajstić information content (AvgIpc) is 2.74. The van der Waals surface area contributed by atoms with Gasteiger partial charge in [-0.2, -0.15) is 0 Å². The summed E-state index contributed by atoms with van der Waals surface area (Å²) >= 11 is 0. The summed E-state index contributed by atoms with van der Waals surface area (Å²) in [5.41, 5.74) is 3.31. The van der Waals surface area contributed by atoms with E-state index in [-0.39, 0.29) is 24.4 Å². The van der Waals surface area contributed by atoms with Gasteiger partial charge in [0.05, 0.1) is 6.54 Å². The number of fused-ring (bicyclic) bond motifs is 1. The molecule has 1 fully saturated rings. The third-order valence-electron chi connectivity index (χ3n) is 5.30. The molecule has 1 amide bonds. The number of halogens is 1. The van der Waals surface area contributed by atoms with E-state index < -0.39 is 0 Å². The fraction of sp³-hybridized carbons (Fsp3) is 0.409. The maximum atomic E-state index is 12.7. The van der Waals surface area contributed by atoms with E-state index in [9.17, 15) is 4.79 Å². The standard InChI is InChI=1S/C22H27N3O3.ClH/c1-2-16-3-5-17(6-4-16)19-14-23-9-10-25(19)15-22(26)24-18-7-8-20-21(13-18)28-12-11-27-20;/h3-8,13,19,23H,2,9-12,14-15H2,1H3,(H,24,26);1H. The van der Waals surface area contributed by atoms with Gasteiger partial charge in [-0.05, 0) is 29.7 Å². The molecule has 0 spiro atoms. The van der Waals surface area contributed by atoms with E-state index in [2.05, 4.69) is 46.7 Å². The Balaban J connectivity index is 0.00000240. The summed E-state index contributed by atoms with van der Waals surface area (Å²) in [5.74, 6) is 1.39. The minimum atomic E-state index is -0.0197. The lowest BCUT2D eigenvalue weighted by atomic mass is 10.0. The molecule has 4 rings (SSSR count). The Bertz CT molecular complexity index is 829. The van der Waals surface area contributed by atoms with Crippen molar-refractivity contribution >= 4 is 24.0 Å². The monoisotopic (exact) mass is 417 g/mol. The number of hydrogen-bond acceptors (Lipinski definition) is 5. The first-order chi connectivity index (χ1) is 13.7. The fourth-order valence-corrected chi connectivity index (χ4v) is 3.75. The van der Waals surface area contributed by atoms with Crippen LogP contribution in [0.5, 0.6) is 11.5 Å². The van der Waals surface area contributed by atoms with E-state index in [0.717, 1.165) is 37.5 Å². The van der Waals surface area contributed by atoms with Crippen LogP contribution in [0.3, 0.4) is 0 Å². The van der Waals surface area contributed by atoms with Crippen molar-refractivity contribution < 1.29 is 14.3 Å². The Morgan fingerprint density at radius 1 is 1.14 bits per heavy atom. The Morgan fingerprint density at radius 3 is 2.66 bits per heavy atom. The van der Waals surface area contributed by atoms with Gasteiger partial charge in [-0.15, -0.1) is 12.4 Å². The van der Waals surface area contributed by atoms with Crippen molar-refractivity contribution in [1.82, 2.24) is 10.2 Å². The van der Waals surface area contributed by atoms with Gasteiger partial charge in [-0.25, -0.2) is 0 Å². The Hall–Kier alpha value is -2.28. The maximum absolute atomic E-state index is 12.7. The molecule has 0 aromatic heterocycles. The molecule has 6 nitrogen and oxygen atoms in total. The predicted molar refractivity (Wildman–Crippen MR) is 116 cm³/mol. The molecule has 1 atom stereocenters. The van der Waals surface area contributed by atoms with Crippen molar-refractivity contribution in [1.29, 1.82) is 0 Å². The molecule has 1 unspecified atom stereocenters. The number of aryl methyl sites for hydroxylation is 1. The molecule has 1 saturated heterocycles. The van der Waals surface area contributed by atoms with E-state index >= 15 is 0 Å². The van der Waals surface area contributed by atoms with Crippen LogP contribution in [0, 0.1) is 0 Å². The topological polar surface area (TPSA) is 62.8 Å². The van der Waals surface area contributed by atoms with E-state index in [0.29, 0.717) is 25.5 Å². The molecule has 0 aliphatic carbocycles. The number of hydrogen-bond donors (Lipinski definition) is 2. The Labute approximate surface area is 178 Å². The van der Waals surface area contributed by atoms with Crippen LogP contribution >= 0.6 is 12.4 Å². The highest BCUT2D eigenvalue weighted by Gasteiger charge is 2.25. The number of rotatable bonds is 5. The number of carbonyl (C=O) groups excluding carboxylic acids is 1. The van der Waals surface area contributed by atoms with Crippen molar-refractivity contribution in [2.45, 2.75) is 19.4 Å². The van der Waals surface area contributed by atoms with Crippen LogP contribution in [0.2, 0.25) is 0 Å². The lowest BCUT2D eigenvalue weighted by Gasteiger charge is -2.36. The highest BCUT2D eigenvalue weighted by atomic mass is 35.5. The van der Waals surface area contributed by atoms with Gasteiger partial charge in [0.15, 0.2) is 11.5 Å². The second kappa shape index (κ2) is 9.96. The zero-order valence-electron chi connectivity index (χ0n) is 16.6. The van der Waals surface area contributed by atoms with Crippen LogP contribution in [0.15, 0.2) is 42.5 Å². The molecule has 2 aromatic carbocycles. The number of nitrogens with zero attached hydrogens (tertiary/aromatic N) is 1. The summed E-state index contributed by atoms with van der Waals surface area (Å²) in [6, 6.07) is 14.4. The van der Waals surface area contributed by atoms with Gasteiger partial charge in [0, 0.05) is 37.4 Å². The van der Waals surface area contributed by atoms with Crippen molar-refractivity contribution in [3.63, 3.8) is 0 Å². The van der Waals surface area contributed by atoms with Crippen LogP contribution < -0.4 is 20.1 Å². The summed E-state index contributed by atoms with van der Waals surface area (Å²) in [4.78, 5) is 14.9. The first-order valence-corrected chi connectivity index (χ1v) is 9.96. The molecule has 29 heavy (non-hydrogen) atoms. The van der Waals surface area contributed by atoms with Crippen LogP contribution in [0.25, 0.3) is 0 Å². The van der Waals surface area contributed by atoms with Gasteiger partial charge in [-0.3, -0.25) is 9.69 Å². The molecule has 0 radical (unpaired) electrons. The zero-order chi connectivity index (χ0) is 19.3. The molecule has 2 N–H and O–H groups in total. The molecule has 156 valence electrons. The van der Waals surface area contributed by atoms with E-state index in [1.165, 1.54) is 11.1 Å². The first kappa shape index (κ1) is 21.4. The van der Waals surface area contributed by atoms with Crippen LogP contribution in [0.1, 0.15) is 24.1 Å². The van der Waals surface area contributed by atoms with Crippen molar-refractivity contribution in [3.8, 4) is 11.5 Å². The molecule has 0 saturated carbocycles. The number of ether oxygens (including phenoxy) is 2. The lowest BCUT2D eigenvalue weighted by molar-refractivity contribution is -0.118. The Morgan fingerprint density at radius 2 is 1.90 bits per heavy atom. The Kier molecular flexibility index (Phi) is 7.36. The highest BCUT2D eigenvalue weighted by molar-refractivity contribution is 5.92. The summed E-state index contributed by atoms with van der Waals surface area (Å²) < 4.78 is 11.1. The molecule has 2 aliphatic rings. The van der Waals surface area contributed by atoms with E-state index in [4.69, 9.17) is 9.47 Å². The second-order valence-electron chi connectivity index (χ2n) is 7.19. The largest absolute Gasteiger partial charge is 0.486 e. The number of nitrogens with one attached hydrogen (secondary N) is 2. The first-order valence-electron chi connectivity index (χ1n) is 9.96. The van der Waals surface area contributed by atoms with Crippen molar-refractivity contribution in [3.05, 3.63) is 53.6 Å². The van der Waals surface area contributed by atoms with Gasteiger partial charge in [0.25, 0.3) is 0 Å². The SMILES string of the molecule is CCc1ccc(C2CNCCN2CC(=O)Nc2ccc3c(c2)OCCO3)cc1.Cl. The minimum Gasteiger partial charge on any atom is -0.486 e. The maximum Gasteiger partial charge on any atom is 0.238 e. The van der Waals surface area contributed by atoms with Crippen LogP contribution in [-0.4, -0.2) is 50.2 Å². The molecule has 0 bridgehead atoms. The van der Waals surface area contributed by atoms with Crippen LogP contribution in [-0.2, 0) is 11.2 Å². The normalized spacial score (nSPS) is 18.6. The predicted octanol–water partition coefficient (Wildman–Crippen LogP) is 3.03. The minimum absolute atomic E-state index is 0. The number of carbonyl (C=O) groups is 1. The lowest BCUT2D eigenvalue weighted by Crippen LogP contribution is -2.48. The molecular formula is C22H28ClN3O3. The molecule has 2 aliphatic heterocycles. The average molecular weight is 418 g/mol. The fourth-order valence-electron chi connectivity index (χ4n) is 3.75. The number of piperazine rings is 1. The molecule has 2 heterocycles. The zero-order valence-corrected chi connectivity index (χ0v) is 17.5. The highest BCUT2D eigenvalue weighted by Crippen LogP contribution is 2.32. The summed E-state index contributed by atoms with van der Waals surface area (Å²) in [6.45, 7) is 6.19. The van der Waals surface area contributed by atoms with Crippen LogP contribution in [0.4, 0.5) is 5.69 Å². The van der Waals surface area contributed by atoms with Crippen molar-refractivity contribution in [2.24, 2.45) is 0 Å². The van der Waals surface area contributed by atoms with Crippen molar-refractivity contribution in [2.75, 3.05) is 44.7 Å². The van der Waals surface area contributed by atoms with Gasteiger partial charge in [0.1, 0.15) is 13.2 Å². The van der Waals surface area contributed by atoms with E-state index in [1.54, 1.807) is 0 Å². The number of benzene rings is 2. The second-order valence-corrected chi connectivity index (χ2v) is 7.19. The summed E-state index contributed by atoms with van der Waals surface area (Å²) in [5, 5.41) is 6.44. The quantitative estimate of drug-likeness (QED) is 0.783. The molecule has 2 aromatic rings. The smallest absolute Gasteiger partial charge is 0.238 e. The summed E-state index contributed by atoms with van der Waals surface area (Å²) in [7, 11) is 0. The van der Waals surface area contributed by atoms with Gasteiger partial charge >= 0.3 is 0 Å². The van der Waals surface area contributed by atoms with Gasteiger partial charge in [-0.1, -0.05) is 31.2 Å². The van der Waals surface area contributed by atoms with Gasteiger partial charge < -0.3 is 20.1 Å². The number of amides is 1. The molecule has 7 heteroatoms. The third-order valence-corrected chi connectivity index (χ3v) is 5.30.